The molecule has 5 nitrogen and oxygen atoms in total. The van der Waals surface area contributed by atoms with Crippen LogP contribution in [0.25, 0.3) is 0 Å². The quantitative estimate of drug-likeness (QED) is 0.916. The molecule has 0 amide bonds. The Hall–Kier alpha value is -1.95. The summed E-state index contributed by atoms with van der Waals surface area (Å²) in [4.78, 5) is 13.2. The number of aromatic nitrogens is 1. The first kappa shape index (κ1) is 17.5. The van der Waals surface area contributed by atoms with Crippen molar-refractivity contribution in [2.75, 3.05) is 32.7 Å². The molecule has 0 radical (unpaired) electrons. The van der Waals surface area contributed by atoms with E-state index in [0.29, 0.717) is 0 Å². The Morgan fingerprint density at radius 1 is 1.08 bits per heavy atom. The summed E-state index contributed by atoms with van der Waals surface area (Å²) in [5.41, 5.74) is 2.58. The number of rotatable bonds is 4. The fourth-order valence-electron chi connectivity index (χ4n) is 4.13. The summed E-state index contributed by atoms with van der Waals surface area (Å²) >= 11 is 0. The van der Waals surface area contributed by atoms with Gasteiger partial charge in [0.05, 0.1) is 12.7 Å². The maximum Gasteiger partial charge on any atom is 0.165 e. The minimum Gasteiger partial charge on any atom is -0.404 e. The van der Waals surface area contributed by atoms with Crippen molar-refractivity contribution in [3.05, 3.63) is 59.9 Å². The minimum atomic E-state index is 0.178. The van der Waals surface area contributed by atoms with Gasteiger partial charge in [-0.3, -0.25) is 9.88 Å². The number of piperidine rings is 1. The van der Waals surface area contributed by atoms with Crippen LogP contribution in [0.3, 0.4) is 0 Å². The standard InChI is InChI=1S/C21H28N4O/c1-18-7-8-20(15-23-18)26-25-14-13-24(16-19-5-3-2-4-6-19)21(17-25)9-11-22-12-10-21/h2-8,15,22H,9-14,16-17H2,1H3. The lowest BCUT2D eigenvalue weighted by Gasteiger charge is -2.52. The smallest absolute Gasteiger partial charge is 0.165 e. The van der Waals surface area contributed by atoms with Crippen molar-refractivity contribution >= 4 is 0 Å². The Kier molecular flexibility index (Phi) is 5.20. The number of hydroxylamine groups is 2. The zero-order chi connectivity index (χ0) is 17.8. The van der Waals surface area contributed by atoms with Crippen LogP contribution in [-0.4, -0.2) is 53.2 Å². The number of aryl methyl sites for hydroxylation is 1. The molecule has 3 heterocycles. The highest BCUT2D eigenvalue weighted by Crippen LogP contribution is 2.32. The van der Waals surface area contributed by atoms with Gasteiger partial charge in [-0.2, -0.15) is 0 Å². The van der Waals surface area contributed by atoms with Gasteiger partial charge < -0.3 is 10.2 Å². The van der Waals surface area contributed by atoms with Gasteiger partial charge in [-0.25, -0.2) is 0 Å². The Morgan fingerprint density at radius 3 is 2.62 bits per heavy atom. The molecular weight excluding hydrogens is 324 g/mol. The minimum absolute atomic E-state index is 0.178. The molecule has 1 aromatic heterocycles. The monoisotopic (exact) mass is 352 g/mol. The molecule has 0 unspecified atom stereocenters. The molecule has 2 aliphatic heterocycles. The lowest BCUT2D eigenvalue weighted by atomic mass is 9.84. The summed E-state index contributed by atoms with van der Waals surface area (Å²) in [6, 6.07) is 14.8. The highest BCUT2D eigenvalue weighted by Gasteiger charge is 2.43. The predicted molar refractivity (Wildman–Crippen MR) is 103 cm³/mol. The van der Waals surface area contributed by atoms with Crippen molar-refractivity contribution in [3.8, 4) is 5.75 Å². The molecule has 5 heteroatoms. The molecule has 2 aromatic rings. The first-order valence-electron chi connectivity index (χ1n) is 9.59. The topological polar surface area (TPSA) is 40.6 Å². The van der Waals surface area contributed by atoms with Crippen LogP contribution in [0.15, 0.2) is 48.7 Å². The Morgan fingerprint density at radius 2 is 1.88 bits per heavy atom. The van der Waals surface area contributed by atoms with Crippen LogP contribution in [-0.2, 0) is 6.54 Å². The number of nitrogens with one attached hydrogen (secondary N) is 1. The molecule has 0 atom stereocenters. The average molecular weight is 352 g/mol. The zero-order valence-corrected chi connectivity index (χ0v) is 15.5. The third-order valence-electron chi connectivity index (χ3n) is 5.63. The van der Waals surface area contributed by atoms with Gasteiger partial charge in [-0.05, 0) is 50.6 Å². The predicted octanol–water partition coefficient (Wildman–Crippen LogP) is 2.62. The molecular formula is C21H28N4O. The number of hydrogen-bond acceptors (Lipinski definition) is 5. The lowest BCUT2D eigenvalue weighted by molar-refractivity contribution is -0.146. The van der Waals surface area contributed by atoms with Crippen molar-refractivity contribution in [2.45, 2.75) is 31.8 Å². The van der Waals surface area contributed by atoms with Gasteiger partial charge >= 0.3 is 0 Å². The van der Waals surface area contributed by atoms with E-state index in [-0.39, 0.29) is 5.54 Å². The van der Waals surface area contributed by atoms with Crippen molar-refractivity contribution < 1.29 is 4.84 Å². The maximum absolute atomic E-state index is 6.16. The van der Waals surface area contributed by atoms with Crippen LogP contribution >= 0.6 is 0 Å². The van der Waals surface area contributed by atoms with E-state index < -0.39 is 0 Å². The fourth-order valence-corrected chi connectivity index (χ4v) is 4.13. The second-order valence-electron chi connectivity index (χ2n) is 7.47. The van der Waals surface area contributed by atoms with E-state index in [1.54, 1.807) is 0 Å². The van der Waals surface area contributed by atoms with Gasteiger partial charge in [-0.15, -0.1) is 5.06 Å². The van der Waals surface area contributed by atoms with E-state index >= 15 is 0 Å². The Balaban J connectivity index is 1.48. The van der Waals surface area contributed by atoms with Crippen LogP contribution in [0.2, 0.25) is 0 Å². The highest BCUT2D eigenvalue weighted by atomic mass is 16.7. The van der Waals surface area contributed by atoms with Gasteiger partial charge in [0.2, 0.25) is 0 Å². The number of piperazine rings is 1. The molecule has 0 saturated carbocycles. The molecule has 26 heavy (non-hydrogen) atoms. The van der Waals surface area contributed by atoms with E-state index in [2.05, 4.69) is 50.6 Å². The summed E-state index contributed by atoms with van der Waals surface area (Å²) in [7, 11) is 0. The van der Waals surface area contributed by atoms with Gasteiger partial charge in [-0.1, -0.05) is 30.3 Å². The van der Waals surface area contributed by atoms with Gasteiger partial charge in [0.1, 0.15) is 0 Å². The van der Waals surface area contributed by atoms with Crippen LogP contribution in [0.4, 0.5) is 0 Å². The largest absolute Gasteiger partial charge is 0.404 e. The average Bonchev–Trinajstić information content (AvgIpc) is 2.67. The molecule has 2 aliphatic rings. The van der Waals surface area contributed by atoms with E-state index in [4.69, 9.17) is 4.84 Å². The maximum atomic E-state index is 6.16. The van der Waals surface area contributed by atoms with Crippen molar-refractivity contribution in [3.63, 3.8) is 0 Å². The molecule has 1 aromatic carbocycles. The van der Waals surface area contributed by atoms with Gasteiger partial charge in [0.25, 0.3) is 0 Å². The van der Waals surface area contributed by atoms with Crippen LogP contribution in [0, 0.1) is 6.92 Å². The molecule has 138 valence electrons. The van der Waals surface area contributed by atoms with E-state index in [1.165, 1.54) is 5.56 Å². The first-order chi connectivity index (χ1) is 12.7. The summed E-state index contributed by atoms with van der Waals surface area (Å²) in [6.45, 7) is 8.03. The van der Waals surface area contributed by atoms with E-state index in [0.717, 1.165) is 63.6 Å². The molecule has 1 N–H and O–H groups in total. The van der Waals surface area contributed by atoms with Crippen LogP contribution in [0.1, 0.15) is 24.1 Å². The molecule has 0 aliphatic carbocycles. The van der Waals surface area contributed by atoms with Gasteiger partial charge in [0, 0.05) is 30.9 Å². The Labute approximate surface area is 155 Å². The molecule has 2 saturated heterocycles. The second kappa shape index (κ2) is 7.74. The van der Waals surface area contributed by atoms with Crippen LogP contribution in [0.5, 0.6) is 5.75 Å². The van der Waals surface area contributed by atoms with Crippen molar-refractivity contribution in [1.82, 2.24) is 20.3 Å². The third-order valence-corrected chi connectivity index (χ3v) is 5.63. The summed E-state index contributed by atoms with van der Waals surface area (Å²) in [6.07, 6.45) is 4.14. The Bertz CT molecular complexity index is 698. The van der Waals surface area contributed by atoms with Crippen molar-refractivity contribution in [2.24, 2.45) is 0 Å². The fraction of sp³-hybridized carbons (Fsp3) is 0.476. The molecule has 4 rings (SSSR count). The first-order valence-corrected chi connectivity index (χ1v) is 9.59. The molecule has 0 bridgehead atoms. The molecule has 1 spiro atoms. The van der Waals surface area contributed by atoms with E-state index in [1.807, 2.05) is 25.3 Å². The number of pyridine rings is 1. The normalized spacial score (nSPS) is 21.0. The molecule has 2 fully saturated rings. The number of nitrogens with zero attached hydrogens (tertiary/aromatic N) is 3. The van der Waals surface area contributed by atoms with E-state index in [9.17, 15) is 0 Å². The summed E-state index contributed by atoms with van der Waals surface area (Å²) < 4.78 is 0. The zero-order valence-electron chi connectivity index (χ0n) is 15.5. The van der Waals surface area contributed by atoms with Crippen molar-refractivity contribution in [1.29, 1.82) is 0 Å². The third kappa shape index (κ3) is 3.90. The lowest BCUT2D eigenvalue weighted by Crippen LogP contribution is -2.65. The summed E-state index contributed by atoms with van der Waals surface area (Å²) in [5.74, 6) is 0.830. The SMILES string of the molecule is Cc1ccc(ON2CCN(Cc3ccccc3)C3(CCNCC3)C2)cn1. The number of hydrogen-bond donors (Lipinski definition) is 1. The number of benzene rings is 1. The van der Waals surface area contributed by atoms with Crippen LogP contribution < -0.4 is 10.2 Å². The van der Waals surface area contributed by atoms with Gasteiger partial charge in [0.15, 0.2) is 5.75 Å². The highest BCUT2D eigenvalue weighted by molar-refractivity contribution is 5.19. The second-order valence-corrected chi connectivity index (χ2v) is 7.47. The summed E-state index contributed by atoms with van der Waals surface area (Å²) in [5, 5.41) is 5.65.